The van der Waals surface area contributed by atoms with Crippen LogP contribution in [0.5, 0.6) is 0 Å². The van der Waals surface area contributed by atoms with Crippen LogP contribution in [0.2, 0.25) is 0 Å². The van der Waals surface area contributed by atoms with Gasteiger partial charge in [0, 0.05) is 25.9 Å². The van der Waals surface area contributed by atoms with Gasteiger partial charge in [0.15, 0.2) is 5.82 Å². The van der Waals surface area contributed by atoms with Crippen molar-refractivity contribution in [3.05, 3.63) is 36.5 Å². The third-order valence-corrected chi connectivity index (χ3v) is 3.53. The first-order valence-corrected chi connectivity index (χ1v) is 7.28. The van der Waals surface area contributed by atoms with Crippen LogP contribution in [0.15, 0.2) is 36.5 Å². The lowest BCUT2D eigenvalue weighted by molar-refractivity contribution is -0.128. The predicted octanol–water partition coefficient (Wildman–Crippen LogP) is 1.22. The highest BCUT2D eigenvalue weighted by Gasteiger charge is 2.20. The number of anilines is 1. The molecular formula is C15H17N5O2. The largest absolute Gasteiger partial charge is 0.342 e. The molecule has 2 aromatic rings. The predicted molar refractivity (Wildman–Crippen MR) is 80.4 cm³/mol. The molecule has 7 heteroatoms. The SMILES string of the molecule is O=C(CCN1CCCC1=O)Nc1cnn(-c2ccccc2)n1. The summed E-state index contributed by atoms with van der Waals surface area (Å²) in [6.45, 7) is 1.20. The van der Waals surface area contributed by atoms with E-state index in [1.54, 1.807) is 4.90 Å². The molecule has 7 nitrogen and oxygen atoms in total. The smallest absolute Gasteiger partial charge is 0.227 e. The lowest BCUT2D eigenvalue weighted by atomic mass is 10.3. The fourth-order valence-corrected chi connectivity index (χ4v) is 2.39. The van der Waals surface area contributed by atoms with Gasteiger partial charge in [0.25, 0.3) is 0 Å². The normalized spacial score (nSPS) is 14.4. The summed E-state index contributed by atoms with van der Waals surface area (Å²) in [4.78, 5) is 26.5. The molecule has 1 saturated heterocycles. The molecule has 1 aliphatic rings. The fourth-order valence-electron chi connectivity index (χ4n) is 2.39. The van der Waals surface area contributed by atoms with Gasteiger partial charge in [-0.25, -0.2) is 0 Å². The average molecular weight is 299 g/mol. The molecule has 2 amide bonds. The van der Waals surface area contributed by atoms with Crippen LogP contribution >= 0.6 is 0 Å². The van der Waals surface area contributed by atoms with Gasteiger partial charge in [-0.05, 0) is 18.6 Å². The topological polar surface area (TPSA) is 80.1 Å². The standard InChI is InChI=1S/C15H17N5O2/c21-14(8-10-19-9-4-7-15(19)22)17-13-11-16-20(18-13)12-5-2-1-3-6-12/h1-3,5-6,11H,4,7-10H2,(H,17,18,21). The van der Waals surface area contributed by atoms with Crippen LogP contribution in [0, 0.1) is 0 Å². The Morgan fingerprint density at radius 1 is 1.27 bits per heavy atom. The molecule has 0 spiro atoms. The van der Waals surface area contributed by atoms with E-state index in [1.165, 1.54) is 11.0 Å². The average Bonchev–Trinajstić information content (AvgIpc) is 3.15. The van der Waals surface area contributed by atoms with Crippen LogP contribution in [-0.2, 0) is 9.59 Å². The molecule has 2 heterocycles. The quantitative estimate of drug-likeness (QED) is 0.900. The van der Waals surface area contributed by atoms with Crippen LogP contribution in [0.3, 0.4) is 0 Å². The van der Waals surface area contributed by atoms with E-state index in [4.69, 9.17) is 0 Å². The lowest BCUT2D eigenvalue weighted by Crippen LogP contribution is -2.28. The van der Waals surface area contributed by atoms with Gasteiger partial charge in [-0.15, -0.1) is 9.90 Å². The third kappa shape index (κ3) is 3.30. The van der Waals surface area contributed by atoms with E-state index in [0.29, 0.717) is 18.8 Å². The maximum Gasteiger partial charge on any atom is 0.227 e. The summed E-state index contributed by atoms with van der Waals surface area (Å²) in [6.07, 6.45) is 3.24. The number of carbonyl (C=O) groups excluding carboxylic acids is 2. The minimum Gasteiger partial charge on any atom is -0.342 e. The molecular weight excluding hydrogens is 282 g/mol. The first-order valence-electron chi connectivity index (χ1n) is 7.28. The summed E-state index contributed by atoms with van der Waals surface area (Å²) < 4.78 is 0. The summed E-state index contributed by atoms with van der Waals surface area (Å²) in [7, 11) is 0. The zero-order valence-electron chi connectivity index (χ0n) is 12.1. The van der Waals surface area contributed by atoms with E-state index in [-0.39, 0.29) is 18.2 Å². The summed E-state index contributed by atoms with van der Waals surface area (Å²) in [6, 6.07) is 9.46. The van der Waals surface area contributed by atoms with Crippen LogP contribution < -0.4 is 5.32 Å². The van der Waals surface area contributed by atoms with Crippen molar-refractivity contribution in [1.82, 2.24) is 19.9 Å². The summed E-state index contributed by atoms with van der Waals surface area (Å²) in [5, 5.41) is 11.0. The molecule has 0 bridgehead atoms. The van der Waals surface area contributed by atoms with Crippen molar-refractivity contribution >= 4 is 17.6 Å². The highest BCUT2D eigenvalue weighted by Crippen LogP contribution is 2.11. The van der Waals surface area contributed by atoms with Gasteiger partial charge in [0.1, 0.15) is 0 Å². The molecule has 22 heavy (non-hydrogen) atoms. The number of para-hydroxylation sites is 1. The van der Waals surface area contributed by atoms with Crippen molar-refractivity contribution in [3.8, 4) is 5.69 Å². The highest BCUT2D eigenvalue weighted by atomic mass is 16.2. The number of rotatable bonds is 5. The van der Waals surface area contributed by atoms with Crippen molar-refractivity contribution in [1.29, 1.82) is 0 Å². The number of hydrogen-bond acceptors (Lipinski definition) is 4. The monoisotopic (exact) mass is 299 g/mol. The highest BCUT2D eigenvalue weighted by molar-refractivity contribution is 5.90. The summed E-state index contributed by atoms with van der Waals surface area (Å²) in [5.74, 6) is 0.365. The molecule has 1 aromatic heterocycles. The molecule has 1 N–H and O–H groups in total. The maximum absolute atomic E-state index is 11.9. The van der Waals surface area contributed by atoms with Crippen LogP contribution in [-0.4, -0.2) is 44.8 Å². The molecule has 1 aromatic carbocycles. The molecule has 0 atom stereocenters. The molecule has 114 valence electrons. The first-order chi connectivity index (χ1) is 10.7. The van der Waals surface area contributed by atoms with Gasteiger partial charge in [0.2, 0.25) is 11.8 Å². The number of carbonyl (C=O) groups is 2. The van der Waals surface area contributed by atoms with E-state index >= 15 is 0 Å². The van der Waals surface area contributed by atoms with E-state index in [9.17, 15) is 9.59 Å². The van der Waals surface area contributed by atoms with Gasteiger partial charge in [-0.3, -0.25) is 9.59 Å². The van der Waals surface area contributed by atoms with Gasteiger partial charge in [-0.2, -0.15) is 5.10 Å². The van der Waals surface area contributed by atoms with Crippen molar-refractivity contribution in [2.75, 3.05) is 18.4 Å². The van der Waals surface area contributed by atoms with E-state index < -0.39 is 0 Å². The Morgan fingerprint density at radius 2 is 2.09 bits per heavy atom. The Balaban J connectivity index is 1.54. The number of likely N-dealkylation sites (tertiary alicyclic amines) is 1. The van der Waals surface area contributed by atoms with E-state index in [1.807, 2.05) is 30.3 Å². The molecule has 3 rings (SSSR count). The fraction of sp³-hybridized carbons (Fsp3) is 0.333. The van der Waals surface area contributed by atoms with Crippen molar-refractivity contribution in [3.63, 3.8) is 0 Å². The zero-order chi connectivity index (χ0) is 15.4. The Kier molecular flexibility index (Phi) is 4.13. The minimum atomic E-state index is -0.167. The maximum atomic E-state index is 11.9. The van der Waals surface area contributed by atoms with Gasteiger partial charge >= 0.3 is 0 Å². The lowest BCUT2D eigenvalue weighted by Gasteiger charge is -2.14. The molecule has 0 radical (unpaired) electrons. The van der Waals surface area contributed by atoms with Gasteiger partial charge < -0.3 is 10.2 Å². The van der Waals surface area contributed by atoms with E-state index in [0.717, 1.165) is 18.7 Å². The van der Waals surface area contributed by atoms with Crippen LogP contribution in [0.25, 0.3) is 5.69 Å². The Morgan fingerprint density at radius 3 is 2.82 bits per heavy atom. The van der Waals surface area contributed by atoms with Crippen molar-refractivity contribution in [2.45, 2.75) is 19.3 Å². The second-order valence-corrected chi connectivity index (χ2v) is 5.14. The van der Waals surface area contributed by atoms with Gasteiger partial charge in [-0.1, -0.05) is 18.2 Å². The molecule has 1 fully saturated rings. The Bertz CT molecular complexity index is 668. The molecule has 0 saturated carbocycles. The second-order valence-electron chi connectivity index (χ2n) is 5.14. The number of amides is 2. The number of hydrogen-bond donors (Lipinski definition) is 1. The number of nitrogens with zero attached hydrogens (tertiary/aromatic N) is 4. The van der Waals surface area contributed by atoms with E-state index in [2.05, 4.69) is 15.5 Å². The molecule has 1 aliphatic heterocycles. The van der Waals surface area contributed by atoms with Crippen LogP contribution in [0.4, 0.5) is 5.82 Å². The Labute approximate surface area is 127 Å². The minimum absolute atomic E-state index is 0.128. The third-order valence-electron chi connectivity index (χ3n) is 3.53. The number of nitrogens with one attached hydrogen (secondary N) is 1. The van der Waals surface area contributed by atoms with Gasteiger partial charge in [0.05, 0.1) is 11.9 Å². The second kappa shape index (κ2) is 6.38. The number of benzene rings is 1. The molecule has 0 unspecified atom stereocenters. The summed E-state index contributed by atoms with van der Waals surface area (Å²) >= 11 is 0. The first kappa shape index (κ1) is 14.2. The van der Waals surface area contributed by atoms with Crippen LogP contribution in [0.1, 0.15) is 19.3 Å². The zero-order valence-corrected chi connectivity index (χ0v) is 12.1. The van der Waals surface area contributed by atoms with Crippen molar-refractivity contribution < 1.29 is 9.59 Å². The van der Waals surface area contributed by atoms with Crippen molar-refractivity contribution in [2.24, 2.45) is 0 Å². The summed E-state index contributed by atoms with van der Waals surface area (Å²) in [5.41, 5.74) is 0.825. The number of aromatic nitrogens is 3. The molecule has 0 aliphatic carbocycles. The Hall–Kier alpha value is -2.70.